The molecule has 0 saturated carbocycles. The second-order valence-corrected chi connectivity index (χ2v) is 6.57. The van der Waals surface area contributed by atoms with Gasteiger partial charge in [-0.1, -0.05) is 35.9 Å². The maximum atomic E-state index is 12.3. The van der Waals surface area contributed by atoms with Gasteiger partial charge in [0.25, 0.3) is 17.7 Å². The van der Waals surface area contributed by atoms with Crippen molar-refractivity contribution in [3.8, 4) is 0 Å². The minimum absolute atomic E-state index is 0.121. The second-order valence-electron chi connectivity index (χ2n) is 6.16. The van der Waals surface area contributed by atoms with Crippen LogP contribution in [0, 0.1) is 0 Å². The van der Waals surface area contributed by atoms with Gasteiger partial charge in [-0.15, -0.1) is 0 Å². The standard InChI is InChI=1S/C20H17ClN2O5/c1-12(18(25)22-16-9-5-4-8-15(16)21)28-17(24)10-11-23-19(26)13-6-2-3-7-14(13)20(23)27/h2-9,12H,10-11H2,1H3,(H,22,25)/t12-/m1/s1. The molecule has 0 fully saturated rings. The fourth-order valence-corrected chi connectivity index (χ4v) is 2.93. The Morgan fingerprint density at radius 2 is 1.61 bits per heavy atom. The first-order valence-electron chi connectivity index (χ1n) is 8.58. The van der Waals surface area contributed by atoms with Crippen LogP contribution in [0.4, 0.5) is 5.69 Å². The van der Waals surface area contributed by atoms with Crippen molar-refractivity contribution in [2.45, 2.75) is 19.4 Å². The van der Waals surface area contributed by atoms with Gasteiger partial charge in [0.15, 0.2) is 6.10 Å². The van der Waals surface area contributed by atoms with Crippen molar-refractivity contribution in [2.75, 3.05) is 11.9 Å². The van der Waals surface area contributed by atoms with Crippen molar-refractivity contribution in [3.05, 3.63) is 64.7 Å². The fourth-order valence-electron chi connectivity index (χ4n) is 2.75. The molecule has 3 amide bonds. The summed E-state index contributed by atoms with van der Waals surface area (Å²) in [5.74, 6) is -2.13. The summed E-state index contributed by atoms with van der Waals surface area (Å²) in [7, 11) is 0. The molecule has 1 N–H and O–H groups in total. The molecule has 0 unspecified atom stereocenters. The van der Waals surface area contributed by atoms with Crippen molar-refractivity contribution in [1.29, 1.82) is 0 Å². The van der Waals surface area contributed by atoms with Crippen LogP contribution < -0.4 is 5.32 Å². The monoisotopic (exact) mass is 400 g/mol. The number of anilines is 1. The molecule has 0 bridgehead atoms. The summed E-state index contributed by atoms with van der Waals surface area (Å²) in [5, 5.41) is 2.93. The van der Waals surface area contributed by atoms with Crippen LogP contribution in [-0.2, 0) is 14.3 Å². The molecule has 1 aliphatic rings. The van der Waals surface area contributed by atoms with E-state index in [2.05, 4.69) is 5.32 Å². The van der Waals surface area contributed by atoms with E-state index in [4.69, 9.17) is 16.3 Å². The van der Waals surface area contributed by atoms with Crippen LogP contribution in [0.15, 0.2) is 48.5 Å². The maximum Gasteiger partial charge on any atom is 0.308 e. The van der Waals surface area contributed by atoms with Crippen LogP contribution in [-0.4, -0.2) is 41.2 Å². The number of rotatable bonds is 6. The Kier molecular flexibility index (Phi) is 5.75. The summed E-state index contributed by atoms with van der Waals surface area (Å²) in [6.45, 7) is 1.30. The van der Waals surface area contributed by atoms with E-state index in [1.807, 2.05) is 0 Å². The number of esters is 1. The zero-order valence-electron chi connectivity index (χ0n) is 15.0. The first kappa shape index (κ1) is 19.6. The molecule has 7 nitrogen and oxygen atoms in total. The Morgan fingerprint density at radius 1 is 1.04 bits per heavy atom. The molecule has 2 aromatic carbocycles. The number of fused-ring (bicyclic) bond motifs is 1. The van der Waals surface area contributed by atoms with Gasteiger partial charge >= 0.3 is 5.97 Å². The number of hydrogen-bond acceptors (Lipinski definition) is 5. The van der Waals surface area contributed by atoms with E-state index in [-0.39, 0.29) is 13.0 Å². The number of carbonyl (C=O) groups is 4. The SMILES string of the molecule is C[C@@H](OC(=O)CCN1C(=O)c2ccccc2C1=O)C(=O)Nc1ccccc1Cl. The zero-order valence-corrected chi connectivity index (χ0v) is 15.7. The van der Waals surface area contributed by atoms with Crippen LogP contribution in [0.1, 0.15) is 34.1 Å². The van der Waals surface area contributed by atoms with Crippen molar-refractivity contribution in [2.24, 2.45) is 0 Å². The number of imide groups is 1. The number of halogens is 1. The normalized spacial score (nSPS) is 13.9. The molecule has 2 aromatic rings. The lowest BCUT2D eigenvalue weighted by Gasteiger charge is -2.16. The third kappa shape index (κ3) is 4.04. The molecule has 0 radical (unpaired) electrons. The highest BCUT2D eigenvalue weighted by atomic mass is 35.5. The number of hydrogen-bond donors (Lipinski definition) is 1. The van der Waals surface area contributed by atoms with Gasteiger partial charge in [-0.25, -0.2) is 0 Å². The number of nitrogens with one attached hydrogen (secondary N) is 1. The third-order valence-corrected chi connectivity index (χ3v) is 4.56. The average Bonchev–Trinajstić information content (AvgIpc) is 2.92. The molecule has 8 heteroatoms. The van der Waals surface area contributed by atoms with E-state index in [1.54, 1.807) is 48.5 Å². The predicted molar refractivity (Wildman–Crippen MR) is 102 cm³/mol. The molecule has 144 valence electrons. The van der Waals surface area contributed by atoms with Gasteiger partial charge in [-0.05, 0) is 31.2 Å². The molecular formula is C20H17ClN2O5. The van der Waals surface area contributed by atoms with E-state index < -0.39 is 29.8 Å². The van der Waals surface area contributed by atoms with Crippen molar-refractivity contribution < 1.29 is 23.9 Å². The average molecular weight is 401 g/mol. The number of carbonyl (C=O) groups excluding carboxylic acids is 4. The number of amides is 3. The van der Waals surface area contributed by atoms with Crippen molar-refractivity contribution >= 4 is 41.0 Å². The fraction of sp³-hybridized carbons (Fsp3) is 0.200. The van der Waals surface area contributed by atoms with Gasteiger partial charge in [-0.2, -0.15) is 0 Å². The highest BCUT2D eigenvalue weighted by Crippen LogP contribution is 2.23. The van der Waals surface area contributed by atoms with Crippen LogP contribution in [0.2, 0.25) is 5.02 Å². The van der Waals surface area contributed by atoms with Crippen molar-refractivity contribution in [1.82, 2.24) is 4.90 Å². The summed E-state index contributed by atoms with van der Waals surface area (Å²) >= 11 is 5.97. The predicted octanol–water partition coefficient (Wildman–Crippen LogP) is 2.90. The summed E-state index contributed by atoms with van der Waals surface area (Å²) in [6, 6.07) is 13.1. The van der Waals surface area contributed by atoms with Crippen LogP contribution in [0.3, 0.4) is 0 Å². The molecule has 1 heterocycles. The topological polar surface area (TPSA) is 92.8 Å². The summed E-state index contributed by atoms with van der Waals surface area (Å²) in [4.78, 5) is 49.7. The largest absolute Gasteiger partial charge is 0.452 e. The highest BCUT2D eigenvalue weighted by molar-refractivity contribution is 6.33. The molecule has 0 saturated heterocycles. The van der Waals surface area contributed by atoms with Crippen molar-refractivity contribution in [3.63, 3.8) is 0 Å². The smallest absolute Gasteiger partial charge is 0.308 e. The first-order chi connectivity index (χ1) is 13.4. The number of benzene rings is 2. The van der Waals surface area contributed by atoms with Gasteiger partial charge in [0.2, 0.25) is 0 Å². The number of nitrogens with zero attached hydrogens (tertiary/aromatic N) is 1. The number of ether oxygens (including phenoxy) is 1. The van der Waals surface area contributed by atoms with E-state index in [0.717, 1.165) is 4.90 Å². The quantitative estimate of drug-likeness (QED) is 0.594. The molecule has 0 spiro atoms. The molecular weight excluding hydrogens is 384 g/mol. The summed E-state index contributed by atoms with van der Waals surface area (Å²) in [6.07, 6.45) is -1.28. The molecule has 0 aliphatic carbocycles. The van der Waals surface area contributed by atoms with Gasteiger partial charge in [0.05, 0.1) is 28.3 Å². The lowest BCUT2D eigenvalue weighted by atomic mass is 10.1. The lowest BCUT2D eigenvalue weighted by Crippen LogP contribution is -2.34. The first-order valence-corrected chi connectivity index (χ1v) is 8.96. The highest BCUT2D eigenvalue weighted by Gasteiger charge is 2.35. The zero-order chi connectivity index (χ0) is 20.3. The van der Waals surface area contributed by atoms with E-state index in [9.17, 15) is 19.2 Å². The molecule has 28 heavy (non-hydrogen) atoms. The van der Waals surface area contributed by atoms with Gasteiger partial charge < -0.3 is 10.1 Å². The van der Waals surface area contributed by atoms with E-state index >= 15 is 0 Å². The minimum Gasteiger partial charge on any atom is -0.452 e. The van der Waals surface area contributed by atoms with Gasteiger partial charge in [-0.3, -0.25) is 24.1 Å². The minimum atomic E-state index is -1.06. The Balaban J connectivity index is 1.52. The lowest BCUT2D eigenvalue weighted by molar-refractivity contribution is -0.153. The Hall–Kier alpha value is -3.19. The van der Waals surface area contributed by atoms with Crippen LogP contribution in [0.25, 0.3) is 0 Å². The third-order valence-electron chi connectivity index (χ3n) is 4.23. The molecule has 1 aliphatic heterocycles. The molecule has 3 rings (SSSR count). The van der Waals surface area contributed by atoms with E-state index in [0.29, 0.717) is 21.8 Å². The summed E-state index contributed by atoms with van der Waals surface area (Å²) < 4.78 is 5.09. The second kappa shape index (κ2) is 8.22. The number of para-hydroxylation sites is 1. The molecule has 0 aromatic heterocycles. The Morgan fingerprint density at radius 3 is 2.21 bits per heavy atom. The maximum absolute atomic E-state index is 12.3. The van der Waals surface area contributed by atoms with Gasteiger partial charge in [0, 0.05) is 6.54 Å². The Labute approximate surface area is 166 Å². The van der Waals surface area contributed by atoms with E-state index in [1.165, 1.54) is 6.92 Å². The summed E-state index contributed by atoms with van der Waals surface area (Å²) in [5.41, 5.74) is 1.03. The Bertz CT molecular complexity index is 924. The molecule has 1 atom stereocenters. The van der Waals surface area contributed by atoms with Crippen LogP contribution in [0.5, 0.6) is 0 Å². The van der Waals surface area contributed by atoms with Gasteiger partial charge in [0.1, 0.15) is 0 Å². The van der Waals surface area contributed by atoms with Crippen LogP contribution >= 0.6 is 11.6 Å².